The van der Waals surface area contributed by atoms with Crippen molar-refractivity contribution in [3.05, 3.63) is 106 Å². The van der Waals surface area contributed by atoms with Gasteiger partial charge in [-0.15, -0.1) is 0 Å². The van der Waals surface area contributed by atoms with Crippen LogP contribution in [-0.4, -0.2) is 9.55 Å². The number of aryl methyl sites for hydroxylation is 2. The van der Waals surface area contributed by atoms with Crippen molar-refractivity contribution in [3.8, 4) is 17.1 Å². The van der Waals surface area contributed by atoms with E-state index in [1.54, 1.807) is 6.07 Å². The Morgan fingerprint density at radius 3 is 2.19 bits per heavy atom. The third-order valence-corrected chi connectivity index (χ3v) is 6.42. The van der Waals surface area contributed by atoms with Crippen LogP contribution in [0.4, 0.5) is 11.4 Å². The van der Waals surface area contributed by atoms with Crippen molar-refractivity contribution in [2.24, 2.45) is 0 Å². The molecule has 5 rings (SSSR count). The number of benzene rings is 4. The molecule has 0 atom stereocenters. The first-order valence-electron chi connectivity index (χ1n) is 10.4. The van der Waals surface area contributed by atoms with Crippen molar-refractivity contribution < 1.29 is 0 Å². The first-order chi connectivity index (χ1) is 15.5. The topological polar surface area (TPSA) is 29.9 Å². The molecule has 0 bridgehead atoms. The predicted molar refractivity (Wildman–Crippen MR) is 136 cm³/mol. The van der Waals surface area contributed by atoms with Gasteiger partial charge in [0.25, 0.3) is 0 Å². The van der Waals surface area contributed by atoms with Crippen LogP contribution >= 0.6 is 23.2 Å². The van der Waals surface area contributed by atoms with E-state index in [1.165, 1.54) is 16.8 Å². The van der Waals surface area contributed by atoms with Crippen molar-refractivity contribution in [2.75, 3.05) is 5.32 Å². The lowest BCUT2D eigenvalue weighted by Crippen LogP contribution is -2.02. The van der Waals surface area contributed by atoms with Gasteiger partial charge in [-0.1, -0.05) is 59.6 Å². The number of nitrogens with zero attached hydrogens (tertiary/aromatic N) is 2. The highest BCUT2D eigenvalue weighted by atomic mass is 35.5. The van der Waals surface area contributed by atoms with Gasteiger partial charge in [-0.05, 0) is 73.5 Å². The predicted octanol–water partition coefficient (Wildman–Crippen LogP) is 8.36. The van der Waals surface area contributed by atoms with E-state index in [0.717, 1.165) is 33.8 Å². The van der Waals surface area contributed by atoms with Crippen LogP contribution in [0.5, 0.6) is 0 Å². The number of halogens is 2. The second-order valence-electron chi connectivity index (χ2n) is 7.80. The molecule has 0 saturated carbocycles. The largest absolute Gasteiger partial charge is 0.354 e. The van der Waals surface area contributed by atoms with Gasteiger partial charge in [-0.2, -0.15) is 0 Å². The van der Waals surface area contributed by atoms with Crippen LogP contribution in [0.15, 0.2) is 84.9 Å². The summed E-state index contributed by atoms with van der Waals surface area (Å²) in [6.07, 6.45) is 0. The Hall–Kier alpha value is -3.27. The van der Waals surface area contributed by atoms with Crippen LogP contribution in [0.25, 0.3) is 28.1 Å². The Morgan fingerprint density at radius 1 is 0.750 bits per heavy atom. The summed E-state index contributed by atoms with van der Waals surface area (Å²) in [6, 6.07) is 28.4. The third-order valence-electron chi connectivity index (χ3n) is 5.60. The maximum absolute atomic E-state index is 6.33. The summed E-state index contributed by atoms with van der Waals surface area (Å²) in [6.45, 7) is 4.28. The molecule has 0 unspecified atom stereocenters. The van der Waals surface area contributed by atoms with Crippen LogP contribution in [0.1, 0.15) is 11.1 Å². The van der Waals surface area contributed by atoms with Gasteiger partial charge in [-0.25, -0.2) is 4.98 Å². The minimum Gasteiger partial charge on any atom is -0.354 e. The fourth-order valence-corrected chi connectivity index (χ4v) is 4.41. The zero-order valence-corrected chi connectivity index (χ0v) is 19.2. The molecule has 0 radical (unpaired) electrons. The molecule has 0 aliphatic heterocycles. The number of anilines is 2. The summed E-state index contributed by atoms with van der Waals surface area (Å²) in [4.78, 5) is 4.98. The standard InChI is InChI=1S/C27H21Cl2N3/c1-17-7-5-8-18(2)26(17)32-24-12-4-3-10-22(24)31-27(32)19-13-15-20(16-14-19)30-23-11-6-9-21(28)25(23)29/h3-16,30H,1-2H3. The molecule has 0 aliphatic rings. The first kappa shape index (κ1) is 20.6. The Labute approximate surface area is 197 Å². The molecule has 0 saturated heterocycles. The molecule has 3 nitrogen and oxygen atoms in total. The van der Waals surface area contributed by atoms with E-state index in [4.69, 9.17) is 28.2 Å². The molecule has 0 fully saturated rings. The first-order valence-corrected chi connectivity index (χ1v) is 11.1. The van der Waals surface area contributed by atoms with Crippen molar-refractivity contribution in [2.45, 2.75) is 13.8 Å². The lowest BCUT2D eigenvalue weighted by atomic mass is 10.1. The number of hydrogen-bond acceptors (Lipinski definition) is 2. The van der Waals surface area contributed by atoms with E-state index in [1.807, 2.05) is 30.3 Å². The second-order valence-corrected chi connectivity index (χ2v) is 8.59. The van der Waals surface area contributed by atoms with Gasteiger partial charge >= 0.3 is 0 Å². The monoisotopic (exact) mass is 457 g/mol. The molecule has 5 heteroatoms. The summed E-state index contributed by atoms with van der Waals surface area (Å²) in [5.41, 5.74) is 8.38. The molecular weight excluding hydrogens is 437 g/mol. The maximum Gasteiger partial charge on any atom is 0.145 e. The zero-order chi connectivity index (χ0) is 22.2. The molecule has 1 aromatic heterocycles. The van der Waals surface area contributed by atoms with E-state index >= 15 is 0 Å². The van der Waals surface area contributed by atoms with Crippen molar-refractivity contribution >= 4 is 45.6 Å². The van der Waals surface area contributed by atoms with Crippen molar-refractivity contribution in [1.82, 2.24) is 9.55 Å². The Bertz CT molecular complexity index is 1420. The highest BCUT2D eigenvalue weighted by Gasteiger charge is 2.17. The van der Waals surface area contributed by atoms with Crippen molar-refractivity contribution in [1.29, 1.82) is 0 Å². The maximum atomic E-state index is 6.33. The van der Waals surface area contributed by atoms with Crippen LogP contribution in [0.2, 0.25) is 10.0 Å². The van der Waals surface area contributed by atoms with E-state index < -0.39 is 0 Å². The number of rotatable bonds is 4. The van der Waals surface area contributed by atoms with Crippen LogP contribution in [0.3, 0.4) is 0 Å². The molecule has 1 heterocycles. The number of fused-ring (bicyclic) bond motifs is 1. The summed E-state index contributed by atoms with van der Waals surface area (Å²) in [7, 11) is 0. The number of para-hydroxylation sites is 3. The molecule has 32 heavy (non-hydrogen) atoms. The van der Waals surface area contributed by atoms with E-state index in [9.17, 15) is 0 Å². The second kappa shape index (κ2) is 8.34. The average Bonchev–Trinajstić information content (AvgIpc) is 3.17. The Balaban J connectivity index is 1.60. The van der Waals surface area contributed by atoms with Crippen molar-refractivity contribution in [3.63, 3.8) is 0 Å². The normalized spacial score (nSPS) is 11.1. The average molecular weight is 458 g/mol. The molecule has 0 aliphatic carbocycles. The number of hydrogen-bond donors (Lipinski definition) is 1. The molecule has 158 valence electrons. The van der Waals surface area contributed by atoms with Crippen LogP contribution < -0.4 is 5.32 Å². The molecule has 5 aromatic rings. The summed E-state index contributed by atoms with van der Waals surface area (Å²) >= 11 is 12.5. The molecule has 0 spiro atoms. The van der Waals surface area contributed by atoms with E-state index in [2.05, 4.69) is 72.3 Å². The fraction of sp³-hybridized carbons (Fsp3) is 0.0741. The zero-order valence-electron chi connectivity index (χ0n) is 17.7. The summed E-state index contributed by atoms with van der Waals surface area (Å²) in [5.74, 6) is 0.913. The SMILES string of the molecule is Cc1cccc(C)c1-n1c(-c2ccc(Nc3cccc(Cl)c3Cl)cc2)nc2ccccc21. The Morgan fingerprint density at radius 2 is 1.44 bits per heavy atom. The number of nitrogens with one attached hydrogen (secondary N) is 1. The minimum absolute atomic E-state index is 0.509. The smallest absolute Gasteiger partial charge is 0.145 e. The fourth-order valence-electron chi connectivity index (χ4n) is 4.06. The lowest BCUT2D eigenvalue weighted by molar-refractivity contribution is 1.06. The lowest BCUT2D eigenvalue weighted by Gasteiger charge is -2.15. The highest BCUT2D eigenvalue weighted by molar-refractivity contribution is 6.43. The van der Waals surface area contributed by atoms with Gasteiger partial charge in [0.1, 0.15) is 5.82 Å². The quantitative estimate of drug-likeness (QED) is 0.293. The summed E-state index contributed by atoms with van der Waals surface area (Å²) in [5, 5.41) is 4.37. The van der Waals surface area contributed by atoms with Gasteiger partial charge < -0.3 is 5.32 Å². The molecular formula is C27H21Cl2N3. The van der Waals surface area contributed by atoms with E-state index in [-0.39, 0.29) is 0 Å². The molecule has 4 aromatic carbocycles. The number of aromatic nitrogens is 2. The van der Waals surface area contributed by atoms with Crippen LogP contribution in [-0.2, 0) is 0 Å². The Kier molecular flexibility index (Phi) is 5.38. The van der Waals surface area contributed by atoms with Crippen LogP contribution in [0, 0.1) is 13.8 Å². The van der Waals surface area contributed by atoms with E-state index in [0.29, 0.717) is 10.0 Å². The highest BCUT2D eigenvalue weighted by Crippen LogP contribution is 2.34. The molecule has 0 amide bonds. The molecule has 1 N–H and O–H groups in total. The van der Waals surface area contributed by atoms with Gasteiger partial charge in [0, 0.05) is 11.3 Å². The number of imidazole rings is 1. The van der Waals surface area contributed by atoms with Gasteiger partial charge in [-0.3, -0.25) is 4.57 Å². The van der Waals surface area contributed by atoms with Gasteiger partial charge in [0.15, 0.2) is 0 Å². The minimum atomic E-state index is 0.509. The van der Waals surface area contributed by atoms with Gasteiger partial charge in [0.2, 0.25) is 0 Å². The van der Waals surface area contributed by atoms with Gasteiger partial charge in [0.05, 0.1) is 32.5 Å². The third kappa shape index (κ3) is 3.64. The summed E-state index contributed by atoms with van der Waals surface area (Å²) < 4.78 is 2.26.